The van der Waals surface area contributed by atoms with Crippen molar-refractivity contribution in [1.29, 1.82) is 0 Å². The molecule has 6 heteroatoms. The van der Waals surface area contributed by atoms with E-state index in [1.807, 2.05) is 0 Å². The molecule has 106 valence electrons. The lowest BCUT2D eigenvalue weighted by molar-refractivity contribution is 0.373. The third-order valence-electron chi connectivity index (χ3n) is 3.68. The SMILES string of the molecule is CN(C1CCCC1)S(=O)(=O)c1ccc(CCl)c(Cl)c1. The van der Waals surface area contributed by atoms with Gasteiger partial charge >= 0.3 is 0 Å². The Labute approximate surface area is 124 Å². The summed E-state index contributed by atoms with van der Waals surface area (Å²) < 4.78 is 26.5. The molecule has 1 saturated carbocycles. The minimum Gasteiger partial charge on any atom is -0.207 e. The Hall–Kier alpha value is -0.290. The highest BCUT2D eigenvalue weighted by Gasteiger charge is 2.30. The number of hydrogen-bond donors (Lipinski definition) is 0. The number of halogens is 2. The molecule has 1 aliphatic rings. The Kier molecular flexibility index (Phi) is 4.77. The molecule has 1 aromatic rings. The molecule has 1 fully saturated rings. The van der Waals surface area contributed by atoms with E-state index in [9.17, 15) is 8.42 Å². The van der Waals surface area contributed by atoms with Crippen molar-refractivity contribution in [1.82, 2.24) is 4.31 Å². The predicted molar refractivity (Wildman–Crippen MR) is 78.2 cm³/mol. The Bertz CT molecular complexity index is 554. The van der Waals surface area contributed by atoms with E-state index >= 15 is 0 Å². The van der Waals surface area contributed by atoms with Crippen LogP contribution >= 0.6 is 23.2 Å². The highest BCUT2D eigenvalue weighted by Crippen LogP contribution is 2.29. The Morgan fingerprint density at radius 1 is 1.32 bits per heavy atom. The smallest absolute Gasteiger partial charge is 0.207 e. The average molecular weight is 322 g/mol. The van der Waals surface area contributed by atoms with Crippen LogP contribution in [0.15, 0.2) is 23.1 Å². The lowest BCUT2D eigenvalue weighted by Gasteiger charge is -2.23. The summed E-state index contributed by atoms with van der Waals surface area (Å²) in [5.41, 5.74) is 0.741. The molecular formula is C13H17Cl2NO2S. The van der Waals surface area contributed by atoms with Gasteiger partial charge in [-0.3, -0.25) is 0 Å². The molecule has 0 aromatic heterocycles. The summed E-state index contributed by atoms with van der Waals surface area (Å²) >= 11 is 11.8. The first kappa shape index (κ1) is 15.1. The van der Waals surface area contributed by atoms with E-state index in [-0.39, 0.29) is 16.8 Å². The minimum atomic E-state index is -3.46. The van der Waals surface area contributed by atoms with Crippen LogP contribution in [0.4, 0.5) is 0 Å². The van der Waals surface area contributed by atoms with Crippen LogP contribution in [0.3, 0.4) is 0 Å². The number of alkyl halides is 1. The van der Waals surface area contributed by atoms with Gasteiger partial charge in [-0.25, -0.2) is 8.42 Å². The molecule has 0 unspecified atom stereocenters. The van der Waals surface area contributed by atoms with Crippen molar-refractivity contribution in [2.45, 2.75) is 42.5 Å². The molecule has 2 rings (SSSR count). The van der Waals surface area contributed by atoms with E-state index in [2.05, 4.69) is 0 Å². The van der Waals surface area contributed by atoms with Gasteiger partial charge < -0.3 is 0 Å². The van der Waals surface area contributed by atoms with Gasteiger partial charge in [-0.1, -0.05) is 30.5 Å². The number of benzene rings is 1. The summed E-state index contributed by atoms with van der Waals surface area (Å²) in [7, 11) is -1.82. The summed E-state index contributed by atoms with van der Waals surface area (Å²) in [6.45, 7) is 0. The second-order valence-corrected chi connectivity index (χ2v) is 7.52. The summed E-state index contributed by atoms with van der Waals surface area (Å²) in [5, 5.41) is 0.399. The molecule has 3 nitrogen and oxygen atoms in total. The van der Waals surface area contributed by atoms with Crippen molar-refractivity contribution in [2.24, 2.45) is 0 Å². The highest BCUT2D eigenvalue weighted by molar-refractivity contribution is 7.89. The monoisotopic (exact) mass is 321 g/mol. The molecule has 19 heavy (non-hydrogen) atoms. The molecule has 1 aliphatic carbocycles. The van der Waals surface area contributed by atoms with Crippen molar-refractivity contribution in [3.63, 3.8) is 0 Å². The minimum absolute atomic E-state index is 0.108. The molecule has 0 saturated heterocycles. The van der Waals surface area contributed by atoms with Crippen molar-refractivity contribution < 1.29 is 8.42 Å². The van der Waals surface area contributed by atoms with E-state index in [1.165, 1.54) is 10.4 Å². The molecule has 0 atom stereocenters. The molecule has 0 bridgehead atoms. The van der Waals surface area contributed by atoms with E-state index in [0.29, 0.717) is 5.02 Å². The predicted octanol–water partition coefficient (Wildman–Crippen LogP) is 3.64. The number of hydrogen-bond acceptors (Lipinski definition) is 2. The van der Waals surface area contributed by atoms with Gasteiger partial charge in [-0.05, 0) is 30.5 Å². The Morgan fingerprint density at radius 2 is 1.95 bits per heavy atom. The second-order valence-electron chi connectivity index (χ2n) is 4.85. The van der Waals surface area contributed by atoms with Gasteiger partial charge in [-0.15, -0.1) is 11.6 Å². The fourth-order valence-electron chi connectivity index (χ4n) is 2.43. The zero-order chi connectivity index (χ0) is 14.0. The molecular weight excluding hydrogens is 305 g/mol. The Balaban J connectivity index is 2.30. The summed E-state index contributed by atoms with van der Waals surface area (Å²) in [6.07, 6.45) is 4.05. The lowest BCUT2D eigenvalue weighted by atomic mass is 10.2. The van der Waals surface area contributed by atoms with Crippen molar-refractivity contribution in [3.05, 3.63) is 28.8 Å². The maximum atomic E-state index is 12.5. The quantitative estimate of drug-likeness (QED) is 0.794. The lowest BCUT2D eigenvalue weighted by Crippen LogP contribution is -2.35. The summed E-state index contributed by atoms with van der Waals surface area (Å²) in [4.78, 5) is 0.237. The zero-order valence-electron chi connectivity index (χ0n) is 10.8. The standard InChI is InChI=1S/C13H17Cl2NO2S/c1-16(11-4-2-3-5-11)19(17,18)12-7-6-10(9-14)13(15)8-12/h6-8,11H,2-5,9H2,1H3. The number of sulfonamides is 1. The third-order valence-corrected chi connectivity index (χ3v) is 6.23. The first-order valence-electron chi connectivity index (χ1n) is 6.29. The average Bonchev–Trinajstić information content (AvgIpc) is 2.91. The van der Waals surface area contributed by atoms with Gasteiger partial charge in [0.15, 0.2) is 0 Å². The number of nitrogens with zero attached hydrogens (tertiary/aromatic N) is 1. The maximum Gasteiger partial charge on any atom is 0.243 e. The molecule has 0 heterocycles. The van der Waals surface area contributed by atoms with Gasteiger partial charge in [0, 0.05) is 24.0 Å². The van der Waals surface area contributed by atoms with Crippen molar-refractivity contribution in [2.75, 3.05) is 7.05 Å². The molecule has 0 N–H and O–H groups in total. The van der Waals surface area contributed by atoms with Crippen molar-refractivity contribution in [3.8, 4) is 0 Å². The van der Waals surface area contributed by atoms with E-state index in [0.717, 1.165) is 31.2 Å². The maximum absolute atomic E-state index is 12.5. The molecule has 0 spiro atoms. The summed E-state index contributed by atoms with van der Waals surface area (Å²) in [5.74, 6) is 0.275. The fourth-order valence-corrected chi connectivity index (χ4v) is 4.48. The third kappa shape index (κ3) is 3.07. The van der Waals surface area contributed by atoms with Crippen molar-refractivity contribution >= 4 is 33.2 Å². The van der Waals surface area contributed by atoms with Gasteiger partial charge in [0.25, 0.3) is 0 Å². The van der Waals surface area contributed by atoms with Crippen LogP contribution in [0, 0.1) is 0 Å². The van der Waals surface area contributed by atoms with Crippen LogP contribution in [0.5, 0.6) is 0 Å². The zero-order valence-corrected chi connectivity index (χ0v) is 13.1. The first-order chi connectivity index (χ1) is 8.96. The van der Waals surface area contributed by atoms with Crippen LogP contribution in [-0.2, 0) is 15.9 Å². The largest absolute Gasteiger partial charge is 0.243 e. The first-order valence-corrected chi connectivity index (χ1v) is 8.64. The molecule has 0 radical (unpaired) electrons. The second kappa shape index (κ2) is 6.00. The van der Waals surface area contributed by atoms with Gasteiger partial charge in [-0.2, -0.15) is 4.31 Å². The number of rotatable bonds is 4. The van der Waals surface area contributed by atoms with E-state index in [1.54, 1.807) is 19.2 Å². The Morgan fingerprint density at radius 3 is 2.47 bits per heavy atom. The molecule has 0 aliphatic heterocycles. The van der Waals surface area contributed by atoms with Crippen LogP contribution < -0.4 is 0 Å². The topological polar surface area (TPSA) is 37.4 Å². The van der Waals surface area contributed by atoms with Gasteiger partial charge in [0.1, 0.15) is 0 Å². The van der Waals surface area contributed by atoms with Gasteiger partial charge in [0.2, 0.25) is 10.0 Å². The molecule has 1 aromatic carbocycles. The molecule has 0 amide bonds. The van der Waals surface area contributed by atoms with Crippen LogP contribution in [0.25, 0.3) is 0 Å². The normalized spacial score (nSPS) is 17.3. The van der Waals surface area contributed by atoms with Gasteiger partial charge in [0.05, 0.1) is 4.90 Å². The van der Waals surface area contributed by atoms with Crippen LogP contribution in [-0.4, -0.2) is 25.8 Å². The summed E-state index contributed by atoms with van der Waals surface area (Å²) in [6, 6.07) is 4.84. The van der Waals surface area contributed by atoms with E-state index in [4.69, 9.17) is 23.2 Å². The fraction of sp³-hybridized carbons (Fsp3) is 0.538. The van der Waals surface area contributed by atoms with E-state index < -0.39 is 10.0 Å². The highest BCUT2D eigenvalue weighted by atomic mass is 35.5. The van der Waals surface area contributed by atoms with Crippen LogP contribution in [0.2, 0.25) is 5.02 Å². The van der Waals surface area contributed by atoms with Crippen LogP contribution in [0.1, 0.15) is 31.2 Å².